The third kappa shape index (κ3) is 2.80. The Balaban J connectivity index is 1.74. The van der Waals surface area contributed by atoms with Crippen LogP contribution in [0.2, 0.25) is 5.28 Å². The summed E-state index contributed by atoms with van der Waals surface area (Å²) in [6.45, 7) is 2.54. The van der Waals surface area contributed by atoms with Crippen molar-refractivity contribution in [3.8, 4) is 0 Å². The van der Waals surface area contributed by atoms with Crippen LogP contribution in [0.5, 0.6) is 0 Å². The summed E-state index contributed by atoms with van der Waals surface area (Å²) in [6, 6.07) is 0. The van der Waals surface area contributed by atoms with Crippen LogP contribution in [0.25, 0.3) is 10.3 Å². The van der Waals surface area contributed by atoms with Crippen molar-refractivity contribution < 1.29 is 13.2 Å². The quantitative estimate of drug-likeness (QED) is 0.627. The highest BCUT2D eigenvalue weighted by Crippen LogP contribution is 2.33. The summed E-state index contributed by atoms with van der Waals surface area (Å²) < 4.78 is 39.9. The highest BCUT2D eigenvalue weighted by molar-refractivity contribution is 7.18. The molecule has 3 aromatic heterocycles. The molecule has 0 amide bonds. The monoisotopic (exact) mass is 389 g/mol. The number of hydrogen-bond donors (Lipinski definition) is 0. The number of fused-ring (bicyclic) bond motifs is 2. The molecular formula is C13H11ClF3N7S. The van der Waals surface area contributed by atoms with Gasteiger partial charge >= 0.3 is 6.18 Å². The van der Waals surface area contributed by atoms with Gasteiger partial charge in [0.2, 0.25) is 11.1 Å². The van der Waals surface area contributed by atoms with E-state index >= 15 is 0 Å². The second-order valence-corrected chi connectivity index (χ2v) is 6.84. The molecule has 132 valence electrons. The van der Waals surface area contributed by atoms with Gasteiger partial charge in [0.15, 0.2) is 16.5 Å². The number of anilines is 1. The highest BCUT2D eigenvalue weighted by Gasteiger charge is 2.39. The summed E-state index contributed by atoms with van der Waals surface area (Å²) in [5.41, 5.74) is 0.607. The molecule has 0 N–H and O–H groups in total. The molecule has 0 saturated carbocycles. The van der Waals surface area contributed by atoms with Gasteiger partial charge in [-0.1, -0.05) is 18.3 Å². The molecule has 25 heavy (non-hydrogen) atoms. The van der Waals surface area contributed by atoms with Gasteiger partial charge in [-0.3, -0.25) is 0 Å². The normalized spacial score (nSPS) is 15.0. The average molecular weight is 390 g/mol. The van der Waals surface area contributed by atoms with Crippen molar-refractivity contribution in [2.24, 2.45) is 0 Å². The molecule has 0 saturated heterocycles. The number of aromatic nitrogens is 6. The van der Waals surface area contributed by atoms with Crippen LogP contribution in [0.15, 0.2) is 0 Å². The molecule has 0 aliphatic carbocycles. The number of hydrogen-bond acceptors (Lipinski definition) is 7. The summed E-state index contributed by atoms with van der Waals surface area (Å²) in [5, 5.41) is 7.94. The second kappa shape index (κ2) is 5.77. The Hall–Kier alpha value is -2.01. The van der Waals surface area contributed by atoms with E-state index in [1.165, 1.54) is 11.3 Å². The van der Waals surface area contributed by atoms with Crippen LogP contribution in [0, 0.1) is 0 Å². The van der Waals surface area contributed by atoms with Gasteiger partial charge in [-0.2, -0.15) is 18.2 Å². The van der Waals surface area contributed by atoms with E-state index in [-0.39, 0.29) is 24.2 Å². The first-order valence-electron chi connectivity index (χ1n) is 7.44. The zero-order chi connectivity index (χ0) is 17.8. The smallest absolute Gasteiger partial charge is 0.345 e. The van der Waals surface area contributed by atoms with Gasteiger partial charge in [0, 0.05) is 13.1 Å². The Kier molecular flexibility index (Phi) is 3.80. The Morgan fingerprint density at radius 2 is 1.96 bits per heavy atom. The molecule has 0 unspecified atom stereocenters. The molecule has 12 heteroatoms. The molecule has 0 bridgehead atoms. The molecule has 4 rings (SSSR count). The van der Waals surface area contributed by atoms with Crippen LogP contribution in [0.3, 0.4) is 0 Å². The number of nitrogens with zero attached hydrogens (tertiary/aromatic N) is 7. The van der Waals surface area contributed by atoms with E-state index in [1.807, 2.05) is 6.92 Å². The zero-order valence-electron chi connectivity index (χ0n) is 12.9. The highest BCUT2D eigenvalue weighted by atomic mass is 35.5. The van der Waals surface area contributed by atoms with Gasteiger partial charge in [-0.05, 0) is 18.0 Å². The van der Waals surface area contributed by atoms with E-state index in [0.717, 1.165) is 16.0 Å². The molecule has 1 aliphatic rings. The Labute approximate surface area is 148 Å². The largest absolute Gasteiger partial charge is 0.451 e. The predicted octanol–water partition coefficient (Wildman–Crippen LogP) is 2.93. The number of alkyl halides is 3. The first kappa shape index (κ1) is 16.5. The van der Waals surface area contributed by atoms with E-state index < -0.39 is 12.0 Å². The molecule has 1 aliphatic heterocycles. The fraction of sp³-hybridized carbons (Fsp3) is 0.462. The van der Waals surface area contributed by atoms with Crippen LogP contribution in [-0.2, 0) is 25.7 Å². The van der Waals surface area contributed by atoms with Gasteiger partial charge in [0.1, 0.15) is 5.52 Å². The lowest BCUT2D eigenvalue weighted by molar-refractivity contribution is -0.147. The Morgan fingerprint density at radius 1 is 1.16 bits per heavy atom. The molecule has 4 heterocycles. The van der Waals surface area contributed by atoms with Crippen molar-refractivity contribution in [1.29, 1.82) is 0 Å². The van der Waals surface area contributed by atoms with Gasteiger partial charge in [-0.25, -0.2) is 9.97 Å². The molecule has 0 fully saturated rings. The summed E-state index contributed by atoms with van der Waals surface area (Å²) in [4.78, 5) is 15.4. The molecule has 7 nitrogen and oxygen atoms in total. The average Bonchev–Trinajstić information content (AvgIpc) is 3.16. The first-order valence-corrected chi connectivity index (χ1v) is 8.63. The lowest BCUT2D eigenvalue weighted by atomic mass is 10.3. The Morgan fingerprint density at radius 3 is 2.68 bits per heavy atom. The van der Waals surface area contributed by atoms with Crippen LogP contribution in [-0.4, -0.2) is 36.3 Å². The maximum Gasteiger partial charge on any atom is 0.451 e. The van der Waals surface area contributed by atoms with Crippen molar-refractivity contribution >= 4 is 39.1 Å². The minimum Gasteiger partial charge on any atom is -0.345 e. The Bertz CT molecular complexity index is 951. The minimum atomic E-state index is -4.52. The molecule has 0 radical (unpaired) electrons. The van der Waals surface area contributed by atoms with Gasteiger partial charge in [0.25, 0.3) is 0 Å². The van der Waals surface area contributed by atoms with E-state index in [1.54, 1.807) is 4.90 Å². The van der Waals surface area contributed by atoms with E-state index in [9.17, 15) is 13.2 Å². The van der Waals surface area contributed by atoms with Crippen molar-refractivity contribution in [3.05, 3.63) is 21.9 Å². The topological polar surface area (TPSA) is 72.6 Å². The summed E-state index contributed by atoms with van der Waals surface area (Å²) in [5.74, 6) is -0.240. The number of thiazole rings is 1. The third-order valence-corrected chi connectivity index (χ3v) is 5.13. The lowest BCUT2D eigenvalue weighted by Crippen LogP contribution is -2.36. The molecular weight excluding hydrogens is 379 g/mol. The predicted molar refractivity (Wildman–Crippen MR) is 85.7 cm³/mol. The SMILES string of the molecule is CCc1nc2c(N3CCn4c(nnc4C(F)(F)F)C3)nc(Cl)nc2s1. The summed E-state index contributed by atoms with van der Waals surface area (Å²) in [6.07, 6.45) is -3.77. The zero-order valence-corrected chi connectivity index (χ0v) is 14.5. The van der Waals surface area contributed by atoms with E-state index in [4.69, 9.17) is 11.6 Å². The maximum atomic E-state index is 12.9. The minimum absolute atomic E-state index is 0.0804. The van der Waals surface area contributed by atoms with Gasteiger partial charge < -0.3 is 9.47 Å². The second-order valence-electron chi connectivity index (χ2n) is 5.44. The fourth-order valence-corrected chi connectivity index (χ4v) is 3.83. The third-order valence-electron chi connectivity index (χ3n) is 3.87. The van der Waals surface area contributed by atoms with Crippen molar-refractivity contribution in [2.45, 2.75) is 32.6 Å². The number of rotatable bonds is 2. The lowest BCUT2D eigenvalue weighted by Gasteiger charge is -2.28. The van der Waals surface area contributed by atoms with E-state index in [0.29, 0.717) is 22.7 Å². The van der Waals surface area contributed by atoms with Crippen LogP contribution in [0.4, 0.5) is 19.0 Å². The molecule has 3 aromatic rings. The van der Waals surface area contributed by atoms with Crippen molar-refractivity contribution in [3.63, 3.8) is 0 Å². The molecule has 0 atom stereocenters. The van der Waals surface area contributed by atoms with E-state index in [2.05, 4.69) is 25.1 Å². The number of aryl methyl sites for hydroxylation is 1. The van der Waals surface area contributed by atoms with Crippen LogP contribution >= 0.6 is 22.9 Å². The molecule has 0 aromatic carbocycles. The van der Waals surface area contributed by atoms with Crippen LogP contribution in [0.1, 0.15) is 23.6 Å². The van der Waals surface area contributed by atoms with Gasteiger partial charge in [-0.15, -0.1) is 10.2 Å². The standard InChI is InChI=1S/C13H11ClF3N7S/c1-2-7-18-8-9(19-12(14)20-10(8)25-7)23-3-4-24-6(5-23)21-22-11(24)13(15,16)17/h2-5H2,1H3. The summed E-state index contributed by atoms with van der Waals surface area (Å²) in [7, 11) is 0. The maximum absolute atomic E-state index is 12.9. The van der Waals surface area contributed by atoms with Crippen molar-refractivity contribution in [1.82, 2.24) is 29.7 Å². The molecule has 0 spiro atoms. The first-order chi connectivity index (χ1) is 11.9. The van der Waals surface area contributed by atoms with Gasteiger partial charge in [0.05, 0.1) is 11.6 Å². The summed E-state index contributed by atoms with van der Waals surface area (Å²) >= 11 is 7.44. The van der Waals surface area contributed by atoms with Crippen LogP contribution < -0.4 is 4.90 Å². The van der Waals surface area contributed by atoms with Crippen molar-refractivity contribution in [2.75, 3.05) is 11.4 Å². The number of halogens is 4. The fourth-order valence-electron chi connectivity index (χ4n) is 2.75.